The molecule has 0 atom stereocenters. The first-order valence-corrected chi connectivity index (χ1v) is 8.81. The van der Waals surface area contributed by atoms with E-state index >= 15 is 0 Å². The maximum atomic E-state index is 3.85. The lowest BCUT2D eigenvalue weighted by molar-refractivity contribution is 0.130. The number of hydrogen-bond acceptors (Lipinski definition) is 0. The molecule has 0 heteroatoms. The van der Waals surface area contributed by atoms with Gasteiger partial charge in [-0.25, -0.2) is 0 Å². The highest BCUT2D eigenvalue weighted by Gasteiger charge is 2.31. The largest absolute Gasteiger partial charge is 0.103 e. The molecule has 19 heavy (non-hydrogen) atoms. The molecule has 0 nitrogen and oxygen atoms in total. The van der Waals surface area contributed by atoms with Gasteiger partial charge in [0, 0.05) is 0 Å². The summed E-state index contributed by atoms with van der Waals surface area (Å²) < 4.78 is 0. The van der Waals surface area contributed by atoms with Gasteiger partial charge in [0.1, 0.15) is 0 Å². The highest BCUT2D eigenvalue weighted by Crippen LogP contribution is 2.43. The van der Waals surface area contributed by atoms with E-state index in [1.807, 2.05) is 0 Å². The summed E-state index contributed by atoms with van der Waals surface area (Å²) in [6.07, 6.45) is 16.9. The van der Waals surface area contributed by atoms with Crippen molar-refractivity contribution in [2.75, 3.05) is 0 Å². The van der Waals surface area contributed by atoms with Gasteiger partial charge in [-0.05, 0) is 81.0 Å². The zero-order valence-electron chi connectivity index (χ0n) is 13.2. The Labute approximate surface area is 121 Å². The summed E-state index contributed by atoms with van der Waals surface area (Å²) in [5.74, 6) is 5.11. The average Bonchev–Trinajstić information content (AvgIpc) is 2.46. The fourth-order valence-electron chi connectivity index (χ4n) is 4.58. The number of rotatable bonds is 5. The van der Waals surface area contributed by atoms with Crippen LogP contribution in [0.1, 0.15) is 78.1 Å². The monoisotopic (exact) mass is 262 g/mol. The lowest BCUT2D eigenvalue weighted by Gasteiger charge is -2.38. The minimum atomic E-state index is 0.913. The summed E-state index contributed by atoms with van der Waals surface area (Å²) in [6, 6.07) is 0. The van der Waals surface area contributed by atoms with Crippen molar-refractivity contribution >= 4 is 0 Å². The Morgan fingerprint density at radius 2 is 1.42 bits per heavy atom. The normalized spacial score (nSPS) is 36.4. The van der Waals surface area contributed by atoms with Crippen LogP contribution >= 0.6 is 0 Å². The Bertz CT molecular complexity index is 249. The van der Waals surface area contributed by atoms with E-state index in [-0.39, 0.29) is 0 Å². The van der Waals surface area contributed by atoms with Crippen molar-refractivity contribution in [2.45, 2.75) is 78.1 Å². The minimum Gasteiger partial charge on any atom is -0.103 e. The molecule has 0 N–H and O–H groups in total. The molecule has 2 saturated carbocycles. The Kier molecular flexibility index (Phi) is 5.98. The van der Waals surface area contributed by atoms with Gasteiger partial charge in [0.05, 0.1) is 0 Å². The maximum Gasteiger partial charge on any atom is -0.0351 e. The second-order valence-electron chi connectivity index (χ2n) is 7.57. The Morgan fingerprint density at radius 1 is 0.895 bits per heavy atom. The summed E-state index contributed by atoms with van der Waals surface area (Å²) in [5.41, 5.74) is 0. The molecule has 0 spiro atoms. The molecule has 0 aromatic carbocycles. The smallest absolute Gasteiger partial charge is 0.0351 e. The van der Waals surface area contributed by atoms with Gasteiger partial charge >= 0.3 is 0 Å². The SMILES string of the molecule is C=CCCC1CCC(C2CCC(C(C)C)CC2)CC1. The molecular formula is C19H34. The molecule has 0 saturated heterocycles. The minimum absolute atomic E-state index is 0.913. The molecule has 2 rings (SSSR count). The first-order valence-electron chi connectivity index (χ1n) is 8.81. The van der Waals surface area contributed by atoms with E-state index in [0.717, 1.165) is 29.6 Å². The third-order valence-electron chi connectivity index (χ3n) is 6.10. The Morgan fingerprint density at radius 3 is 1.89 bits per heavy atom. The molecule has 110 valence electrons. The van der Waals surface area contributed by atoms with Crippen molar-refractivity contribution in [3.63, 3.8) is 0 Å². The van der Waals surface area contributed by atoms with Crippen molar-refractivity contribution in [3.8, 4) is 0 Å². The molecule has 0 aromatic heterocycles. The lowest BCUT2D eigenvalue weighted by atomic mass is 9.67. The van der Waals surface area contributed by atoms with Crippen molar-refractivity contribution in [1.29, 1.82) is 0 Å². The summed E-state index contributed by atoms with van der Waals surface area (Å²) >= 11 is 0. The third-order valence-corrected chi connectivity index (χ3v) is 6.10. The molecule has 0 heterocycles. The highest BCUT2D eigenvalue weighted by atomic mass is 14.4. The predicted molar refractivity (Wildman–Crippen MR) is 85.2 cm³/mol. The van der Waals surface area contributed by atoms with Gasteiger partial charge in [0.15, 0.2) is 0 Å². The standard InChI is InChI=1S/C19H34/c1-4-5-6-16-7-9-18(10-8-16)19-13-11-17(12-14-19)15(2)3/h4,15-19H,1,5-14H2,2-3H3. The van der Waals surface area contributed by atoms with E-state index in [2.05, 4.69) is 26.5 Å². The zero-order valence-corrected chi connectivity index (χ0v) is 13.2. The van der Waals surface area contributed by atoms with E-state index in [9.17, 15) is 0 Å². The van der Waals surface area contributed by atoms with E-state index in [1.54, 1.807) is 0 Å². The van der Waals surface area contributed by atoms with Crippen LogP contribution in [-0.2, 0) is 0 Å². The zero-order chi connectivity index (χ0) is 13.7. The third kappa shape index (κ3) is 4.36. The fourth-order valence-corrected chi connectivity index (χ4v) is 4.58. The van der Waals surface area contributed by atoms with Crippen molar-refractivity contribution in [3.05, 3.63) is 12.7 Å². The average molecular weight is 262 g/mol. The number of allylic oxidation sites excluding steroid dienone is 1. The van der Waals surface area contributed by atoms with Gasteiger partial charge < -0.3 is 0 Å². The summed E-state index contributed by atoms with van der Waals surface area (Å²) in [5, 5.41) is 0. The molecule has 2 aliphatic rings. The van der Waals surface area contributed by atoms with Crippen LogP contribution in [0.15, 0.2) is 12.7 Å². The van der Waals surface area contributed by atoms with Crippen molar-refractivity contribution in [1.82, 2.24) is 0 Å². The Hall–Kier alpha value is -0.260. The summed E-state index contributed by atoms with van der Waals surface area (Å²) in [7, 11) is 0. The van der Waals surface area contributed by atoms with Gasteiger partial charge in [-0.1, -0.05) is 32.8 Å². The Balaban J connectivity index is 1.69. The van der Waals surface area contributed by atoms with Crippen LogP contribution in [0.3, 0.4) is 0 Å². The summed E-state index contributed by atoms with van der Waals surface area (Å²) in [6.45, 7) is 8.68. The first-order chi connectivity index (χ1) is 9.20. The number of hydrogen-bond donors (Lipinski definition) is 0. The first kappa shape index (κ1) is 15.1. The van der Waals surface area contributed by atoms with Crippen LogP contribution in [0, 0.1) is 29.6 Å². The maximum absolute atomic E-state index is 3.85. The molecule has 2 fully saturated rings. The molecule has 0 amide bonds. The molecule has 0 unspecified atom stereocenters. The van der Waals surface area contributed by atoms with Gasteiger partial charge in [-0.2, -0.15) is 0 Å². The van der Waals surface area contributed by atoms with Crippen molar-refractivity contribution in [2.24, 2.45) is 29.6 Å². The van der Waals surface area contributed by atoms with E-state index < -0.39 is 0 Å². The van der Waals surface area contributed by atoms with E-state index in [0.29, 0.717) is 0 Å². The fraction of sp³-hybridized carbons (Fsp3) is 0.895. The molecule has 0 radical (unpaired) electrons. The molecule has 0 aromatic rings. The second-order valence-corrected chi connectivity index (χ2v) is 7.57. The van der Waals surface area contributed by atoms with Gasteiger partial charge in [-0.3, -0.25) is 0 Å². The van der Waals surface area contributed by atoms with Crippen LogP contribution in [-0.4, -0.2) is 0 Å². The predicted octanol–water partition coefficient (Wildman–Crippen LogP) is 6.22. The van der Waals surface area contributed by atoms with Crippen LogP contribution in [0.25, 0.3) is 0 Å². The van der Waals surface area contributed by atoms with Crippen LogP contribution in [0.2, 0.25) is 0 Å². The van der Waals surface area contributed by atoms with Crippen molar-refractivity contribution < 1.29 is 0 Å². The molecule has 0 bridgehead atoms. The van der Waals surface area contributed by atoms with Crippen LogP contribution in [0.5, 0.6) is 0 Å². The quantitative estimate of drug-likeness (QED) is 0.516. The topological polar surface area (TPSA) is 0 Å². The van der Waals surface area contributed by atoms with E-state index in [4.69, 9.17) is 0 Å². The second kappa shape index (κ2) is 7.50. The molecular weight excluding hydrogens is 228 g/mol. The molecule has 0 aliphatic heterocycles. The van der Waals surface area contributed by atoms with Gasteiger partial charge in [0.25, 0.3) is 0 Å². The summed E-state index contributed by atoms with van der Waals surface area (Å²) in [4.78, 5) is 0. The van der Waals surface area contributed by atoms with Gasteiger partial charge in [0.2, 0.25) is 0 Å². The molecule has 2 aliphatic carbocycles. The van der Waals surface area contributed by atoms with Gasteiger partial charge in [-0.15, -0.1) is 6.58 Å². The van der Waals surface area contributed by atoms with Crippen LogP contribution < -0.4 is 0 Å². The lowest BCUT2D eigenvalue weighted by Crippen LogP contribution is -2.27. The van der Waals surface area contributed by atoms with E-state index in [1.165, 1.54) is 64.2 Å². The highest BCUT2D eigenvalue weighted by molar-refractivity contribution is 4.83. The van der Waals surface area contributed by atoms with Crippen LogP contribution in [0.4, 0.5) is 0 Å².